The predicted molar refractivity (Wildman–Crippen MR) is 88.8 cm³/mol. The van der Waals surface area contributed by atoms with Gasteiger partial charge in [-0.05, 0) is 31.0 Å². The summed E-state index contributed by atoms with van der Waals surface area (Å²) in [7, 11) is 0. The lowest BCUT2D eigenvalue weighted by molar-refractivity contribution is -0.123. The minimum absolute atomic E-state index is 0.0671. The van der Waals surface area contributed by atoms with Crippen molar-refractivity contribution in [2.45, 2.75) is 13.8 Å². The van der Waals surface area contributed by atoms with Gasteiger partial charge in [0.2, 0.25) is 0 Å². The molecule has 0 fully saturated rings. The summed E-state index contributed by atoms with van der Waals surface area (Å²) >= 11 is 0. The fourth-order valence-corrected chi connectivity index (χ4v) is 1.96. The number of benzene rings is 1. The number of amides is 2. The molecule has 0 aliphatic heterocycles. The molecule has 0 saturated heterocycles. The molecule has 0 radical (unpaired) electrons. The second-order valence-electron chi connectivity index (χ2n) is 5.18. The highest BCUT2D eigenvalue weighted by molar-refractivity contribution is 5.91. The van der Waals surface area contributed by atoms with Gasteiger partial charge in [0.1, 0.15) is 11.4 Å². The van der Waals surface area contributed by atoms with Crippen molar-refractivity contribution in [3.8, 4) is 5.75 Å². The van der Waals surface area contributed by atoms with Gasteiger partial charge in [-0.25, -0.2) is 4.98 Å². The molecule has 1 heterocycles. The number of nitrogens with one attached hydrogen (secondary N) is 2. The molecule has 0 bridgehead atoms. The Labute approximate surface area is 140 Å². The lowest BCUT2D eigenvalue weighted by atomic mass is 10.1. The standard InChI is InChI=1S/C17H20N4O3/c1-12-4-3-5-15(13(12)2)24-11-16(22)20-8-9-21-17(23)14-10-18-6-7-19-14/h3-7,10H,8-9,11H2,1-2H3,(H,20,22)(H,21,23). The summed E-state index contributed by atoms with van der Waals surface area (Å²) in [5.74, 6) is 0.120. The summed E-state index contributed by atoms with van der Waals surface area (Å²) in [6.45, 7) is 4.47. The molecule has 24 heavy (non-hydrogen) atoms. The number of hydrogen-bond donors (Lipinski definition) is 2. The number of nitrogens with zero attached hydrogens (tertiary/aromatic N) is 2. The van der Waals surface area contributed by atoms with Gasteiger partial charge in [0.25, 0.3) is 11.8 Å². The van der Waals surface area contributed by atoms with E-state index in [1.54, 1.807) is 0 Å². The van der Waals surface area contributed by atoms with Crippen molar-refractivity contribution >= 4 is 11.8 Å². The smallest absolute Gasteiger partial charge is 0.271 e. The zero-order chi connectivity index (χ0) is 17.4. The van der Waals surface area contributed by atoms with E-state index in [-0.39, 0.29) is 24.1 Å². The number of carbonyl (C=O) groups excluding carboxylic acids is 2. The second-order valence-corrected chi connectivity index (χ2v) is 5.18. The minimum Gasteiger partial charge on any atom is -0.483 e. The van der Waals surface area contributed by atoms with Gasteiger partial charge in [-0.1, -0.05) is 12.1 Å². The van der Waals surface area contributed by atoms with Crippen molar-refractivity contribution in [3.63, 3.8) is 0 Å². The molecule has 0 aliphatic carbocycles. The highest BCUT2D eigenvalue weighted by Gasteiger charge is 2.07. The molecule has 2 N–H and O–H groups in total. The molecule has 1 aromatic heterocycles. The van der Waals surface area contributed by atoms with Crippen molar-refractivity contribution in [2.24, 2.45) is 0 Å². The van der Waals surface area contributed by atoms with Gasteiger partial charge in [0.05, 0.1) is 6.20 Å². The normalized spacial score (nSPS) is 10.1. The van der Waals surface area contributed by atoms with E-state index >= 15 is 0 Å². The molecule has 2 aromatic rings. The molecule has 126 valence electrons. The average molecular weight is 328 g/mol. The number of hydrogen-bond acceptors (Lipinski definition) is 5. The maximum Gasteiger partial charge on any atom is 0.271 e. The third-order valence-corrected chi connectivity index (χ3v) is 3.44. The van der Waals surface area contributed by atoms with Crippen LogP contribution in [0.3, 0.4) is 0 Å². The van der Waals surface area contributed by atoms with Crippen LogP contribution in [0.4, 0.5) is 0 Å². The summed E-state index contributed by atoms with van der Waals surface area (Å²) in [5.41, 5.74) is 2.36. The van der Waals surface area contributed by atoms with Crippen LogP contribution in [0.1, 0.15) is 21.6 Å². The molecule has 2 rings (SSSR count). The first-order chi connectivity index (χ1) is 11.6. The van der Waals surface area contributed by atoms with Gasteiger partial charge in [-0.3, -0.25) is 14.6 Å². The number of carbonyl (C=O) groups is 2. The first-order valence-corrected chi connectivity index (χ1v) is 7.58. The molecular formula is C17H20N4O3. The Bertz CT molecular complexity index is 704. The van der Waals surface area contributed by atoms with Gasteiger partial charge in [-0.2, -0.15) is 0 Å². The molecule has 0 aliphatic rings. The zero-order valence-electron chi connectivity index (χ0n) is 13.7. The zero-order valence-corrected chi connectivity index (χ0v) is 13.7. The average Bonchev–Trinajstić information content (AvgIpc) is 2.60. The van der Waals surface area contributed by atoms with E-state index in [1.165, 1.54) is 18.6 Å². The quantitative estimate of drug-likeness (QED) is 0.740. The van der Waals surface area contributed by atoms with Crippen LogP contribution in [0.2, 0.25) is 0 Å². The molecule has 7 heteroatoms. The fraction of sp³-hybridized carbons (Fsp3) is 0.294. The van der Waals surface area contributed by atoms with Crippen molar-refractivity contribution in [3.05, 3.63) is 53.6 Å². The van der Waals surface area contributed by atoms with Crippen LogP contribution in [-0.2, 0) is 4.79 Å². The fourth-order valence-electron chi connectivity index (χ4n) is 1.96. The monoisotopic (exact) mass is 328 g/mol. The van der Waals surface area contributed by atoms with Crippen LogP contribution in [0.15, 0.2) is 36.8 Å². The van der Waals surface area contributed by atoms with E-state index in [2.05, 4.69) is 20.6 Å². The topological polar surface area (TPSA) is 93.2 Å². The molecular weight excluding hydrogens is 308 g/mol. The lowest BCUT2D eigenvalue weighted by Gasteiger charge is -2.11. The van der Waals surface area contributed by atoms with Gasteiger partial charge in [0, 0.05) is 25.5 Å². The van der Waals surface area contributed by atoms with Crippen LogP contribution in [0.5, 0.6) is 5.75 Å². The van der Waals surface area contributed by atoms with Gasteiger partial charge in [-0.15, -0.1) is 0 Å². The Balaban J connectivity index is 1.67. The van der Waals surface area contributed by atoms with Gasteiger partial charge >= 0.3 is 0 Å². The van der Waals surface area contributed by atoms with Crippen LogP contribution >= 0.6 is 0 Å². The van der Waals surface area contributed by atoms with E-state index in [4.69, 9.17) is 4.74 Å². The van der Waals surface area contributed by atoms with Crippen LogP contribution in [0.25, 0.3) is 0 Å². The van der Waals surface area contributed by atoms with E-state index in [0.29, 0.717) is 18.8 Å². The summed E-state index contributed by atoms with van der Waals surface area (Å²) in [4.78, 5) is 31.2. The van der Waals surface area contributed by atoms with Crippen molar-refractivity contribution in [2.75, 3.05) is 19.7 Å². The second kappa shape index (κ2) is 8.61. The first-order valence-electron chi connectivity index (χ1n) is 7.58. The maximum absolute atomic E-state index is 11.8. The van der Waals surface area contributed by atoms with Gasteiger partial charge in [0.15, 0.2) is 6.61 Å². The van der Waals surface area contributed by atoms with Crippen molar-refractivity contribution in [1.82, 2.24) is 20.6 Å². The highest BCUT2D eigenvalue weighted by Crippen LogP contribution is 2.20. The van der Waals surface area contributed by atoms with E-state index in [9.17, 15) is 9.59 Å². The molecule has 1 aromatic carbocycles. The molecule has 7 nitrogen and oxygen atoms in total. The summed E-state index contributed by atoms with van der Waals surface area (Å²) < 4.78 is 5.51. The Morgan fingerprint density at radius 1 is 1.12 bits per heavy atom. The van der Waals surface area contributed by atoms with Crippen LogP contribution in [0, 0.1) is 13.8 Å². The Kier molecular flexibility index (Phi) is 6.24. The summed E-state index contributed by atoms with van der Waals surface area (Å²) in [6.07, 6.45) is 4.32. The molecule has 0 unspecified atom stereocenters. The minimum atomic E-state index is -0.330. The van der Waals surface area contributed by atoms with Crippen molar-refractivity contribution < 1.29 is 14.3 Å². The SMILES string of the molecule is Cc1cccc(OCC(=O)NCCNC(=O)c2cnccn2)c1C. The molecule has 0 atom stereocenters. The van der Waals surface area contributed by atoms with Crippen LogP contribution < -0.4 is 15.4 Å². The summed E-state index contributed by atoms with van der Waals surface area (Å²) in [6, 6.07) is 5.70. The largest absolute Gasteiger partial charge is 0.483 e. The lowest BCUT2D eigenvalue weighted by Crippen LogP contribution is -2.37. The van der Waals surface area contributed by atoms with E-state index in [0.717, 1.165) is 11.1 Å². The number of aromatic nitrogens is 2. The van der Waals surface area contributed by atoms with Gasteiger partial charge < -0.3 is 15.4 Å². The summed E-state index contributed by atoms with van der Waals surface area (Å²) in [5, 5.41) is 5.33. The Morgan fingerprint density at radius 2 is 1.92 bits per heavy atom. The highest BCUT2D eigenvalue weighted by atomic mass is 16.5. The first kappa shape index (κ1) is 17.4. The Morgan fingerprint density at radius 3 is 2.67 bits per heavy atom. The third-order valence-electron chi connectivity index (χ3n) is 3.44. The predicted octanol–water partition coefficient (Wildman–Crippen LogP) is 1.02. The number of rotatable bonds is 7. The van der Waals surface area contributed by atoms with E-state index < -0.39 is 0 Å². The molecule has 0 saturated carbocycles. The number of aryl methyl sites for hydroxylation is 1. The van der Waals surface area contributed by atoms with E-state index in [1.807, 2.05) is 32.0 Å². The molecule has 0 spiro atoms. The maximum atomic E-state index is 11.8. The van der Waals surface area contributed by atoms with Crippen LogP contribution in [-0.4, -0.2) is 41.5 Å². The molecule has 2 amide bonds. The van der Waals surface area contributed by atoms with Crippen molar-refractivity contribution in [1.29, 1.82) is 0 Å². The Hall–Kier alpha value is -2.96. The number of ether oxygens (including phenoxy) is 1. The third kappa shape index (κ3) is 5.05.